The molecule has 1 aliphatic carbocycles. The molecule has 7 heteroatoms. The van der Waals surface area contributed by atoms with Crippen molar-refractivity contribution in [1.82, 2.24) is 24.6 Å². The van der Waals surface area contributed by atoms with Gasteiger partial charge in [0.2, 0.25) is 5.95 Å². The third kappa shape index (κ3) is 3.69. The molecule has 28 heavy (non-hydrogen) atoms. The minimum atomic E-state index is -0.224. The Balaban J connectivity index is 1.60. The summed E-state index contributed by atoms with van der Waals surface area (Å²) in [6, 6.07) is 0. The number of likely N-dealkylation sites (tertiary alicyclic amines) is 1. The summed E-state index contributed by atoms with van der Waals surface area (Å²) in [6.45, 7) is 9.45. The Morgan fingerprint density at radius 2 is 1.79 bits per heavy atom. The first-order valence-electron chi connectivity index (χ1n) is 10.9. The first kappa shape index (κ1) is 19.4. The van der Waals surface area contributed by atoms with Gasteiger partial charge in [0, 0.05) is 12.1 Å². The monoisotopic (exact) mass is 386 g/mol. The highest BCUT2D eigenvalue weighted by atomic mass is 16.1. The molecule has 0 radical (unpaired) electrons. The van der Waals surface area contributed by atoms with E-state index in [1.165, 1.54) is 64.5 Å². The number of nitrogens with one attached hydrogen (secondary N) is 2. The van der Waals surface area contributed by atoms with Gasteiger partial charge in [-0.2, -0.15) is 10.1 Å². The molecule has 2 aromatic heterocycles. The van der Waals surface area contributed by atoms with Crippen LogP contribution in [0.1, 0.15) is 72.1 Å². The molecule has 3 heterocycles. The van der Waals surface area contributed by atoms with Gasteiger partial charge in [-0.1, -0.05) is 25.7 Å². The highest BCUT2D eigenvalue weighted by Crippen LogP contribution is 2.35. The Labute approximate surface area is 166 Å². The van der Waals surface area contributed by atoms with E-state index in [2.05, 4.69) is 41.1 Å². The number of fused-ring (bicyclic) bond motifs is 1. The maximum Gasteiger partial charge on any atom is 0.263 e. The van der Waals surface area contributed by atoms with Crippen LogP contribution in [0, 0.1) is 0 Å². The normalized spacial score (nSPS) is 21.1. The van der Waals surface area contributed by atoms with Crippen molar-refractivity contribution in [3.8, 4) is 0 Å². The van der Waals surface area contributed by atoms with Gasteiger partial charge in [-0.05, 0) is 59.5 Å². The minimum Gasteiger partial charge on any atom is -0.354 e. The second-order valence-electron chi connectivity index (χ2n) is 9.57. The lowest BCUT2D eigenvalue weighted by molar-refractivity contribution is 0.0436. The summed E-state index contributed by atoms with van der Waals surface area (Å²) >= 11 is 0. The summed E-state index contributed by atoms with van der Waals surface area (Å²) in [4.78, 5) is 22.9. The third-order valence-electron chi connectivity index (χ3n) is 6.47. The van der Waals surface area contributed by atoms with Gasteiger partial charge in [0.25, 0.3) is 5.56 Å². The van der Waals surface area contributed by atoms with Crippen molar-refractivity contribution in [2.45, 2.75) is 83.2 Å². The lowest BCUT2D eigenvalue weighted by Gasteiger charge is -2.48. The van der Waals surface area contributed by atoms with E-state index in [1.54, 1.807) is 6.20 Å². The van der Waals surface area contributed by atoms with E-state index in [-0.39, 0.29) is 16.6 Å². The van der Waals surface area contributed by atoms with Crippen LogP contribution in [0.3, 0.4) is 0 Å². The van der Waals surface area contributed by atoms with Crippen LogP contribution in [0.25, 0.3) is 11.0 Å². The lowest BCUT2D eigenvalue weighted by Crippen LogP contribution is -2.56. The van der Waals surface area contributed by atoms with E-state index in [9.17, 15) is 4.79 Å². The molecule has 7 nitrogen and oxygen atoms in total. The van der Waals surface area contributed by atoms with Gasteiger partial charge in [-0.15, -0.1) is 0 Å². The summed E-state index contributed by atoms with van der Waals surface area (Å²) in [5.74, 6) is 0.561. The van der Waals surface area contributed by atoms with Crippen molar-refractivity contribution in [2.75, 3.05) is 25.0 Å². The first-order chi connectivity index (χ1) is 13.4. The Hall–Kier alpha value is -1.89. The second kappa shape index (κ2) is 7.50. The summed E-state index contributed by atoms with van der Waals surface area (Å²) < 4.78 is 1.84. The largest absolute Gasteiger partial charge is 0.354 e. The van der Waals surface area contributed by atoms with Gasteiger partial charge in [-0.3, -0.25) is 14.7 Å². The van der Waals surface area contributed by atoms with Crippen LogP contribution >= 0.6 is 0 Å². The van der Waals surface area contributed by atoms with Crippen molar-refractivity contribution >= 4 is 17.0 Å². The summed E-state index contributed by atoms with van der Waals surface area (Å²) in [6.07, 6.45) is 11.9. The fourth-order valence-electron chi connectivity index (χ4n) is 4.92. The van der Waals surface area contributed by atoms with Gasteiger partial charge >= 0.3 is 0 Å². The van der Waals surface area contributed by atoms with Crippen molar-refractivity contribution in [2.24, 2.45) is 0 Å². The van der Waals surface area contributed by atoms with Crippen LogP contribution in [-0.2, 0) is 5.54 Å². The molecule has 2 N–H and O–H groups in total. The number of nitrogens with zero attached hydrogens (tertiary/aromatic N) is 4. The van der Waals surface area contributed by atoms with E-state index >= 15 is 0 Å². The second-order valence-corrected chi connectivity index (χ2v) is 9.57. The molecule has 4 rings (SSSR count). The SMILES string of the molecule is CC(C)(C)n1ncc2c(=O)[nH]c(NCC3(N4CCCCC4)CCCCC3)nc21. The van der Waals surface area contributed by atoms with Crippen molar-refractivity contribution in [1.29, 1.82) is 0 Å². The number of hydrogen-bond donors (Lipinski definition) is 2. The van der Waals surface area contributed by atoms with E-state index in [4.69, 9.17) is 4.98 Å². The highest BCUT2D eigenvalue weighted by molar-refractivity contribution is 5.74. The fourth-order valence-corrected chi connectivity index (χ4v) is 4.92. The predicted octanol–water partition coefficient (Wildman–Crippen LogP) is 3.48. The molecule has 2 fully saturated rings. The number of aromatic nitrogens is 4. The van der Waals surface area contributed by atoms with Crippen LogP contribution < -0.4 is 10.9 Å². The number of H-pyrrole nitrogens is 1. The topological polar surface area (TPSA) is 78.8 Å². The van der Waals surface area contributed by atoms with E-state index in [0.29, 0.717) is 17.0 Å². The molecule has 2 aliphatic rings. The molecule has 0 bridgehead atoms. The minimum absolute atomic E-state index is 0.126. The number of hydrogen-bond acceptors (Lipinski definition) is 5. The molecule has 1 saturated carbocycles. The molecule has 1 saturated heterocycles. The number of piperidine rings is 1. The number of aromatic amines is 1. The van der Waals surface area contributed by atoms with Gasteiger partial charge in [0.1, 0.15) is 5.39 Å². The zero-order chi connectivity index (χ0) is 19.8. The van der Waals surface area contributed by atoms with E-state index < -0.39 is 0 Å². The Morgan fingerprint density at radius 3 is 2.46 bits per heavy atom. The van der Waals surface area contributed by atoms with Gasteiger partial charge in [0.15, 0.2) is 5.65 Å². The molecular weight excluding hydrogens is 352 g/mol. The van der Waals surface area contributed by atoms with E-state index in [0.717, 1.165) is 6.54 Å². The first-order valence-corrected chi connectivity index (χ1v) is 10.9. The van der Waals surface area contributed by atoms with Crippen LogP contribution in [-0.4, -0.2) is 49.8 Å². The van der Waals surface area contributed by atoms with Crippen molar-refractivity contribution < 1.29 is 0 Å². The molecule has 0 aromatic carbocycles. The molecule has 0 atom stereocenters. The molecule has 1 aliphatic heterocycles. The summed E-state index contributed by atoms with van der Waals surface area (Å²) in [5, 5.41) is 8.45. The molecule has 0 unspecified atom stereocenters. The maximum atomic E-state index is 12.6. The number of anilines is 1. The Kier molecular flexibility index (Phi) is 5.21. The highest BCUT2D eigenvalue weighted by Gasteiger charge is 2.38. The van der Waals surface area contributed by atoms with Crippen LogP contribution in [0.15, 0.2) is 11.0 Å². The van der Waals surface area contributed by atoms with Crippen LogP contribution in [0.2, 0.25) is 0 Å². The van der Waals surface area contributed by atoms with E-state index in [1.807, 2.05) is 4.68 Å². The Bertz CT molecular complexity index is 865. The predicted molar refractivity (Wildman–Crippen MR) is 113 cm³/mol. The zero-order valence-corrected chi connectivity index (χ0v) is 17.6. The standard InChI is InChI=1S/C21H34N6O/c1-20(2,3)27-17-16(14-23-27)18(28)25-19(24-17)22-15-21(10-6-4-7-11-21)26-12-8-5-9-13-26/h14H,4-13,15H2,1-3H3,(H2,22,24,25,28). The quantitative estimate of drug-likeness (QED) is 0.841. The van der Waals surface area contributed by atoms with Crippen LogP contribution in [0.4, 0.5) is 5.95 Å². The zero-order valence-electron chi connectivity index (χ0n) is 17.6. The smallest absolute Gasteiger partial charge is 0.263 e. The van der Waals surface area contributed by atoms with Gasteiger partial charge < -0.3 is 5.32 Å². The van der Waals surface area contributed by atoms with Gasteiger partial charge in [0.05, 0.1) is 11.7 Å². The Morgan fingerprint density at radius 1 is 1.11 bits per heavy atom. The summed E-state index contributed by atoms with van der Waals surface area (Å²) in [5.41, 5.74) is 0.488. The fraction of sp³-hybridized carbons (Fsp3) is 0.762. The maximum absolute atomic E-state index is 12.6. The molecule has 154 valence electrons. The van der Waals surface area contributed by atoms with Gasteiger partial charge in [-0.25, -0.2) is 4.68 Å². The summed E-state index contributed by atoms with van der Waals surface area (Å²) in [7, 11) is 0. The van der Waals surface area contributed by atoms with Crippen molar-refractivity contribution in [3.05, 3.63) is 16.6 Å². The lowest BCUT2D eigenvalue weighted by atomic mass is 9.79. The van der Waals surface area contributed by atoms with Crippen LogP contribution in [0.5, 0.6) is 0 Å². The molecule has 2 aromatic rings. The van der Waals surface area contributed by atoms with Crippen molar-refractivity contribution in [3.63, 3.8) is 0 Å². The average Bonchev–Trinajstić information content (AvgIpc) is 3.13. The molecular formula is C21H34N6O. The third-order valence-corrected chi connectivity index (χ3v) is 6.47. The molecule has 0 amide bonds. The molecule has 0 spiro atoms. The average molecular weight is 387 g/mol. The number of rotatable bonds is 4.